The molecule has 8 nitrogen and oxygen atoms in total. The highest BCUT2D eigenvalue weighted by molar-refractivity contribution is 5.68. The molecule has 3 aromatic rings. The van der Waals surface area contributed by atoms with Crippen molar-refractivity contribution in [1.82, 2.24) is 15.5 Å². The van der Waals surface area contributed by atoms with Crippen LogP contribution in [0.2, 0.25) is 0 Å². The Hall–Kier alpha value is -3.82. The fraction of sp³-hybridized carbons (Fsp3) is 0.333. The molecular formula is C24H25F2N3O5. The zero-order valence-electron chi connectivity index (χ0n) is 19.0. The predicted molar refractivity (Wildman–Crippen MR) is 117 cm³/mol. The van der Waals surface area contributed by atoms with Crippen molar-refractivity contribution in [3.63, 3.8) is 0 Å². The molecular weight excluding hydrogens is 448 g/mol. The van der Waals surface area contributed by atoms with E-state index in [9.17, 15) is 18.4 Å². The first-order chi connectivity index (χ1) is 16.2. The quantitative estimate of drug-likeness (QED) is 0.467. The Balaban J connectivity index is 1.74. The molecule has 1 N–H and O–H groups in total. The van der Waals surface area contributed by atoms with E-state index in [0.717, 1.165) is 17.7 Å². The number of benzene rings is 2. The monoisotopic (exact) mass is 473 g/mol. The van der Waals surface area contributed by atoms with Gasteiger partial charge in [0, 0.05) is 12.5 Å². The summed E-state index contributed by atoms with van der Waals surface area (Å²) in [6.45, 7) is 4.52. The van der Waals surface area contributed by atoms with Crippen LogP contribution in [0, 0.1) is 11.6 Å². The van der Waals surface area contributed by atoms with Crippen molar-refractivity contribution in [2.75, 3.05) is 6.61 Å². The van der Waals surface area contributed by atoms with Crippen molar-refractivity contribution in [3.8, 4) is 0 Å². The number of nitrogens with zero attached hydrogens (tertiary/aromatic N) is 2. The second-order valence-corrected chi connectivity index (χ2v) is 8.17. The molecule has 0 radical (unpaired) electrons. The molecule has 1 atom stereocenters. The van der Waals surface area contributed by atoms with Crippen LogP contribution in [0.4, 0.5) is 13.6 Å². The minimum absolute atomic E-state index is 0.00929. The van der Waals surface area contributed by atoms with Crippen LogP contribution in [0.3, 0.4) is 0 Å². The highest BCUT2D eigenvalue weighted by Crippen LogP contribution is 2.26. The van der Waals surface area contributed by atoms with E-state index in [1.54, 1.807) is 13.8 Å². The number of carbonyl (C=O) groups is 2. The molecule has 1 heterocycles. The lowest BCUT2D eigenvalue weighted by molar-refractivity contribution is -0.142. The Morgan fingerprint density at radius 1 is 1.06 bits per heavy atom. The van der Waals surface area contributed by atoms with E-state index in [4.69, 9.17) is 14.0 Å². The van der Waals surface area contributed by atoms with Gasteiger partial charge in [0.05, 0.1) is 17.9 Å². The maximum atomic E-state index is 14.0. The van der Waals surface area contributed by atoms with Crippen molar-refractivity contribution < 1.29 is 32.4 Å². The second kappa shape index (κ2) is 10.9. The number of hydrogen-bond acceptors (Lipinski definition) is 7. The normalized spacial score (nSPS) is 12.1. The molecule has 10 heteroatoms. The van der Waals surface area contributed by atoms with Gasteiger partial charge < -0.3 is 19.3 Å². The van der Waals surface area contributed by atoms with Gasteiger partial charge in [-0.3, -0.25) is 4.79 Å². The topological polar surface area (TPSA) is 104 Å². The Morgan fingerprint density at radius 2 is 1.74 bits per heavy atom. The second-order valence-electron chi connectivity index (χ2n) is 8.17. The number of ether oxygens (including phenoxy) is 2. The van der Waals surface area contributed by atoms with Crippen molar-refractivity contribution in [1.29, 1.82) is 0 Å². The smallest absolute Gasteiger partial charge is 0.407 e. The van der Waals surface area contributed by atoms with Gasteiger partial charge in [0.1, 0.15) is 24.8 Å². The number of nitrogens with one attached hydrogen (secondary N) is 1. The van der Waals surface area contributed by atoms with E-state index in [2.05, 4.69) is 15.5 Å². The summed E-state index contributed by atoms with van der Waals surface area (Å²) in [7, 11) is 0. The molecule has 0 saturated heterocycles. The Bertz CT molecular complexity index is 1110. The first kappa shape index (κ1) is 24.8. The SMILES string of the molecule is CC(=O)OC[C@@H](NC(=O)OCc1ccccc1)C(C)(C)c1noc(Cc2c(F)cccc2F)n1. The molecule has 0 unspecified atom stereocenters. The lowest BCUT2D eigenvalue weighted by atomic mass is 9.84. The molecule has 0 aliphatic heterocycles. The van der Waals surface area contributed by atoms with Gasteiger partial charge in [0.2, 0.25) is 5.89 Å². The van der Waals surface area contributed by atoms with Crippen LogP contribution >= 0.6 is 0 Å². The number of halogens is 2. The van der Waals surface area contributed by atoms with Crippen molar-refractivity contribution in [2.45, 2.75) is 45.3 Å². The molecule has 0 bridgehead atoms. The summed E-state index contributed by atoms with van der Waals surface area (Å²) in [5, 5.41) is 6.61. The van der Waals surface area contributed by atoms with Gasteiger partial charge in [0.25, 0.3) is 0 Å². The summed E-state index contributed by atoms with van der Waals surface area (Å²) in [5.74, 6) is -1.85. The molecule has 34 heavy (non-hydrogen) atoms. The van der Waals surface area contributed by atoms with Crippen LogP contribution in [-0.4, -0.2) is 34.9 Å². The number of rotatable bonds is 9. The first-order valence-electron chi connectivity index (χ1n) is 10.5. The van der Waals surface area contributed by atoms with Crippen molar-refractivity contribution in [2.24, 2.45) is 0 Å². The summed E-state index contributed by atoms with van der Waals surface area (Å²) < 4.78 is 43.5. The summed E-state index contributed by atoms with van der Waals surface area (Å²) in [6.07, 6.45) is -0.978. The zero-order chi connectivity index (χ0) is 24.7. The Labute approximate surface area is 195 Å². The number of alkyl carbamates (subject to hydrolysis) is 1. The van der Waals surface area contributed by atoms with E-state index in [-0.39, 0.29) is 36.9 Å². The third-order valence-corrected chi connectivity index (χ3v) is 5.26. The number of amides is 1. The molecule has 3 rings (SSSR count). The molecule has 0 aliphatic carbocycles. The van der Waals surface area contributed by atoms with Gasteiger partial charge in [-0.15, -0.1) is 0 Å². The van der Waals surface area contributed by atoms with Gasteiger partial charge in [-0.1, -0.05) is 55.4 Å². The molecule has 0 spiro atoms. The van der Waals surface area contributed by atoms with E-state index in [0.29, 0.717) is 0 Å². The summed E-state index contributed by atoms with van der Waals surface area (Å²) in [6, 6.07) is 11.9. The maximum Gasteiger partial charge on any atom is 0.407 e. The highest BCUT2D eigenvalue weighted by atomic mass is 19.1. The summed E-state index contributed by atoms with van der Waals surface area (Å²) in [4.78, 5) is 28.1. The fourth-order valence-corrected chi connectivity index (χ4v) is 3.13. The average molecular weight is 473 g/mol. The van der Waals surface area contributed by atoms with E-state index < -0.39 is 35.2 Å². The van der Waals surface area contributed by atoms with Crippen LogP contribution in [0.25, 0.3) is 0 Å². The lowest BCUT2D eigenvalue weighted by Crippen LogP contribution is -2.51. The predicted octanol–water partition coefficient (Wildman–Crippen LogP) is 4.07. The zero-order valence-corrected chi connectivity index (χ0v) is 19.0. The molecule has 180 valence electrons. The largest absolute Gasteiger partial charge is 0.464 e. The third-order valence-electron chi connectivity index (χ3n) is 5.26. The summed E-state index contributed by atoms with van der Waals surface area (Å²) in [5.41, 5.74) is -0.400. The minimum Gasteiger partial charge on any atom is -0.464 e. The van der Waals surface area contributed by atoms with Gasteiger partial charge in [-0.2, -0.15) is 4.98 Å². The van der Waals surface area contributed by atoms with Gasteiger partial charge in [0.15, 0.2) is 5.82 Å². The van der Waals surface area contributed by atoms with Crippen LogP contribution in [0.15, 0.2) is 53.1 Å². The van der Waals surface area contributed by atoms with Crippen molar-refractivity contribution >= 4 is 12.1 Å². The molecule has 0 fully saturated rings. The van der Waals surface area contributed by atoms with Crippen LogP contribution in [0.1, 0.15) is 43.6 Å². The van der Waals surface area contributed by atoms with Crippen LogP contribution in [0.5, 0.6) is 0 Å². The standard InChI is InChI=1S/C24H25F2N3O5/c1-15(30)32-14-20(27-23(31)33-13-16-8-5-4-6-9-16)24(2,3)22-28-21(34-29-22)12-17-18(25)10-7-11-19(17)26/h4-11,20H,12-14H2,1-3H3,(H,27,31)/t20-/m1/s1. The van der Waals surface area contributed by atoms with Gasteiger partial charge >= 0.3 is 12.1 Å². The highest BCUT2D eigenvalue weighted by Gasteiger charge is 2.38. The first-order valence-corrected chi connectivity index (χ1v) is 10.5. The molecule has 1 aromatic heterocycles. The Morgan fingerprint density at radius 3 is 2.38 bits per heavy atom. The molecule has 0 saturated carbocycles. The average Bonchev–Trinajstić information content (AvgIpc) is 3.28. The Kier molecular flexibility index (Phi) is 7.93. The number of aromatic nitrogens is 2. The van der Waals surface area contributed by atoms with E-state index >= 15 is 0 Å². The third kappa shape index (κ3) is 6.37. The van der Waals surface area contributed by atoms with Gasteiger partial charge in [-0.05, 0) is 17.7 Å². The number of hydrogen-bond donors (Lipinski definition) is 1. The summed E-state index contributed by atoms with van der Waals surface area (Å²) >= 11 is 0. The minimum atomic E-state index is -1.00. The fourth-order valence-electron chi connectivity index (χ4n) is 3.13. The lowest BCUT2D eigenvalue weighted by Gasteiger charge is -2.31. The van der Waals surface area contributed by atoms with Crippen molar-refractivity contribution in [3.05, 3.63) is 83.0 Å². The van der Waals surface area contributed by atoms with E-state index in [1.807, 2.05) is 30.3 Å². The van der Waals surface area contributed by atoms with Gasteiger partial charge in [-0.25, -0.2) is 13.6 Å². The number of esters is 1. The molecule has 2 aromatic carbocycles. The molecule has 1 amide bonds. The van der Waals surface area contributed by atoms with E-state index in [1.165, 1.54) is 13.0 Å². The van der Waals surface area contributed by atoms with Crippen LogP contribution in [-0.2, 0) is 32.7 Å². The van der Waals surface area contributed by atoms with Crippen LogP contribution < -0.4 is 5.32 Å². The number of carbonyl (C=O) groups excluding carboxylic acids is 2. The maximum absolute atomic E-state index is 14.0. The molecule has 0 aliphatic rings.